The number of hydrogen-bond acceptors (Lipinski definition) is 4. The lowest BCUT2D eigenvalue weighted by molar-refractivity contribution is 0.494. The quantitative estimate of drug-likeness (QED) is 0.738. The summed E-state index contributed by atoms with van der Waals surface area (Å²) in [5, 5.41) is 7.49. The van der Waals surface area contributed by atoms with Crippen LogP contribution >= 0.6 is 11.6 Å². The molecule has 0 aliphatic rings. The predicted octanol–water partition coefficient (Wildman–Crippen LogP) is 3.25. The number of alkyl halides is 1. The van der Waals surface area contributed by atoms with E-state index >= 15 is 0 Å². The maximum atomic E-state index is 5.83. The molecule has 0 bridgehead atoms. The number of rotatable bonds is 2. The standard InChI is InChI=1S/C10H11ClN2O2/c1-5-4-8(7(3)14-5)10-13-12-9(15-10)6(2)11/h4,6H,1-3H3. The molecule has 0 fully saturated rings. The van der Waals surface area contributed by atoms with E-state index in [2.05, 4.69) is 10.2 Å². The van der Waals surface area contributed by atoms with Crippen LogP contribution in [0, 0.1) is 13.8 Å². The molecule has 1 unspecified atom stereocenters. The van der Waals surface area contributed by atoms with Gasteiger partial charge in [0, 0.05) is 0 Å². The minimum Gasteiger partial charge on any atom is -0.466 e. The van der Waals surface area contributed by atoms with E-state index in [1.165, 1.54) is 0 Å². The van der Waals surface area contributed by atoms with Crippen molar-refractivity contribution >= 4 is 11.6 Å². The molecule has 4 nitrogen and oxygen atoms in total. The van der Waals surface area contributed by atoms with E-state index < -0.39 is 0 Å². The van der Waals surface area contributed by atoms with Gasteiger partial charge in [0.05, 0.1) is 5.56 Å². The lowest BCUT2D eigenvalue weighted by Crippen LogP contribution is -1.81. The van der Waals surface area contributed by atoms with Gasteiger partial charge in [0.15, 0.2) is 0 Å². The van der Waals surface area contributed by atoms with E-state index in [0.717, 1.165) is 17.1 Å². The van der Waals surface area contributed by atoms with Crippen molar-refractivity contribution in [3.8, 4) is 11.5 Å². The van der Waals surface area contributed by atoms with Gasteiger partial charge in [0.25, 0.3) is 5.89 Å². The van der Waals surface area contributed by atoms with Crippen molar-refractivity contribution in [1.82, 2.24) is 10.2 Å². The van der Waals surface area contributed by atoms with Crippen LogP contribution in [0.5, 0.6) is 0 Å². The van der Waals surface area contributed by atoms with Gasteiger partial charge in [-0.1, -0.05) is 0 Å². The first-order valence-electron chi connectivity index (χ1n) is 4.63. The van der Waals surface area contributed by atoms with E-state index in [4.69, 9.17) is 20.4 Å². The average molecular weight is 227 g/mol. The third kappa shape index (κ3) is 1.90. The second-order valence-electron chi connectivity index (χ2n) is 3.39. The summed E-state index contributed by atoms with van der Waals surface area (Å²) in [5.41, 5.74) is 0.823. The Kier molecular flexibility index (Phi) is 2.52. The van der Waals surface area contributed by atoms with Gasteiger partial charge in [-0.3, -0.25) is 0 Å². The van der Waals surface area contributed by atoms with Gasteiger partial charge in [-0.15, -0.1) is 21.8 Å². The van der Waals surface area contributed by atoms with Gasteiger partial charge in [0.1, 0.15) is 16.9 Å². The molecule has 80 valence electrons. The second kappa shape index (κ2) is 3.70. The first-order chi connectivity index (χ1) is 7.08. The van der Waals surface area contributed by atoms with Crippen LogP contribution in [-0.4, -0.2) is 10.2 Å². The highest BCUT2D eigenvalue weighted by Gasteiger charge is 2.16. The summed E-state index contributed by atoms with van der Waals surface area (Å²) in [5.74, 6) is 2.46. The third-order valence-electron chi connectivity index (χ3n) is 2.05. The fourth-order valence-electron chi connectivity index (χ4n) is 1.35. The number of halogens is 1. The minimum absolute atomic E-state index is 0.278. The molecule has 0 aliphatic heterocycles. The SMILES string of the molecule is Cc1cc(-c2nnc(C(C)Cl)o2)c(C)o1. The molecule has 0 N–H and O–H groups in total. The highest BCUT2D eigenvalue weighted by atomic mass is 35.5. The van der Waals surface area contributed by atoms with Gasteiger partial charge in [-0.25, -0.2) is 0 Å². The molecule has 2 aromatic heterocycles. The van der Waals surface area contributed by atoms with Crippen LogP contribution in [-0.2, 0) is 0 Å². The summed E-state index contributed by atoms with van der Waals surface area (Å²) in [6.07, 6.45) is 0. The minimum atomic E-state index is -0.278. The molecule has 0 saturated heterocycles. The van der Waals surface area contributed by atoms with Crippen molar-refractivity contribution in [2.45, 2.75) is 26.1 Å². The number of aryl methyl sites for hydroxylation is 2. The van der Waals surface area contributed by atoms with Crippen LogP contribution in [0.4, 0.5) is 0 Å². The van der Waals surface area contributed by atoms with Crippen molar-refractivity contribution in [1.29, 1.82) is 0 Å². The number of furan rings is 1. The molecule has 2 aromatic rings. The van der Waals surface area contributed by atoms with E-state index in [0.29, 0.717) is 11.8 Å². The lowest BCUT2D eigenvalue weighted by Gasteiger charge is -1.92. The third-order valence-corrected chi connectivity index (χ3v) is 2.24. The Morgan fingerprint density at radius 3 is 2.47 bits per heavy atom. The Hall–Kier alpha value is -1.29. The molecule has 2 heterocycles. The van der Waals surface area contributed by atoms with Crippen molar-refractivity contribution < 1.29 is 8.83 Å². The summed E-state index contributed by atoms with van der Waals surface area (Å²) in [7, 11) is 0. The van der Waals surface area contributed by atoms with E-state index in [1.54, 1.807) is 6.92 Å². The Morgan fingerprint density at radius 2 is 2.00 bits per heavy atom. The molecule has 2 rings (SSSR count). The zero-order valence-corrected chi connectivity index (χ0v) is 9.50. The zero-order chi connectivity index (χ0) is 11.0. The van der Waals surface area contributed by atoms with Crippen LogP contribution in [0.25, 0.3) is 11.5 Å². The normalized spacial score (nSPS) is 13.1. The van der Waals surface area contributed by atoms with Gasteiger partial charge >= 0.3 is 0 Å². The highest BCUT2D eigenvalue weighted by Crippen LogP contribution is 2.27. The predicted molar refractivity (Wildman–Crippen MR) is 55.7 cm³/mol. The molecule has 0 radical (unpaired) electrons. The molecule has 0 amide bonds. The van der Waals surface area contributed by atoms with Gasteiger partial charge in [-0.2, -0.15) is 0 Å². The Balaban J connectivity index is 2.41. The van der Waals surface area contributed by atoms with Gasteiger partial charge in [-0.05, 0) is 26.8 Å². The Labute approximate surface area is 92.2 Å². The summed E-state index contributed by atoms with van der Waals surface area (Å²) < 4.78 is 10.8. The van der Waals surface area contributed by atoms with E-state index in [1.807, 2.05) is 19.9 Å². The average Bonchev–Trinajstić information content (AvgIpc) is 2.71. The number of nitrogens with zero attached hydrogens (tertiary/aromatic N) is 2. The van der Waals surface area contributed by atoms with Gasteiger partial charge in [0.2, 0.25) is 5.89 Å². The van der Waals surface area contributed by atoms with Crippen molar-refractivity contribution in [2.75, 3.05) is 0 Å². The molecule has 15 heavy (non-hydrogen) atoms. The molecule has 0 aliphatic carbocycles. The first kappa shape index (κ1) is 10.2. The van der Waals surface area contributed by atoms with Crippen LogP contribution in [0.15, 0.2) is 14.9 Å². The van der Waals surface area contributed by atoms with Gasteiger partial charge < -0.3 is 8.83 Å². The second-order valence-corrected chi connectivity index (χ2v) is 4.04. The Morgan fingerprint density at radius 1 is 1.27 bits per heavy atom. The van der Waals surface area contributed by atoms with Crippen molar-refractivity contribution in [3.05, 3.63) is 23.5 Å². The highest BCUT2D eigenvalue weighted by molar-refractivity contribution is 6.20. The Bertz CT molecular complexity index is 473. The fraction of sp³-hybridized carbons (Fsp3) is 0.400. The summed E-state index contributed by atoms with van der Waals surface area (Å²) >= 11 is 5.83. The number of aromatic nitrogens is 2. The van der Waals surface area contributed by atoms with Crippen molar-refractivity contribution in [2.24, 2.45) is 0 Å². The molecular formula is C10H11ClN2O2. The summed E-state index contributed by atoms with van der Waals surface area (Å²) in [6, 6.07) is 1.87. The largest absolute Gasteiger partial charge is 0.466 e. The van der Waals surface area contributed by atoms with Crippen LogP contribution in [0.3, 0.4) is 0 Å². The molecule has 0 aromatic carbocycles. The molecular weight excluding hydrogens is 216 g/mol. The summed E-state index contributed by atoms with van der Waals surface area (Å²) in [6.45, 7) is 5.51. The zero-order valence-electron chi connectivity index (χ0n) is 8.74. The number of hydrogen-bond donors (Lipinski definition) is 0. The van der Waals surface area contributed by atoms with Crippen molar-refractivity contribution in [3.63, 3.8) is 0 Å². The topological polar surface area (TPSA) is 52.1 Å². The molecule has 5 heteroatoms. The summed E-state index contributed by atoms with van der Waals surface area (Å²) in [4.78, 5) is 0. The lowest BCUT2D eigenvalue weighted by atomic mass is 10.2. The van der Waals surface area contributed by atoms with E-state index in [-0.39, 0.29) is 5.38 Å². The monoisotopic (exact) mass is 226 g/mol. The molecule has 0 spiro atoms. The maximum Gasteiger partial charge on any atom is 0.251 e. The van der Waals surface area contributed by atoms with Crippen LogP contribution in [0.2, 0.25) is 0 Å². The fourth-order valence-corrected chi connectivity index (χ4v) is 1.44. The maximum absolute atomic E-state index is 5.83. The molecule has 0 saturated carbocycles. The molecule has 1 atom stereocenters. The first-order valence-corrected chi connectivity index (χ1v) is 5.06. The van der Waals surface area contributed by atoms with E-state index in [9.17, 15) is 0 Å². The smallest absolute Gasteiger partial charge is 0.251 e. The van der Waals surface area contributed by atoms with Crippen LogP contribution < -0.4 is 0 Å². The van der Waals surface area contributed by atoms with Crippen LogP contribution in [0.1, 0.15) is 29.7 Å².